The van der Waals surface area contributed by atoms with E-state index in [1.807, 2.05) is 6.92 Å². The van der Waals surface area contributed by atoms with Gasteiger partial charge in [0.25, 0.3) is 5.91 Å². The van der Waals surface area contributed by atoms with Gasteiger partial charge in [0.15, 0.2) is 5.82 Å². The summed E-state index contributed by atoms with van der Waals surface area (Å²) in [5, 5.41) is 20.8. The van der Waals surface area contributed by atoms with Gasteiger partial charge in [-0.2, -0.15) is 15.0 Å². The zero-order chi connectivity index (χ0) is 23.4. The predicted octanol–water partition coefficient (Wildman–Crippen LogP) is 2.95. The molecule has 33 heavy (non-hydrogen) atoms. The first-order valence-electron chi connectivity index (χ1n) is 10.6. The lowest BCUT2D eigenvalue weighted by Crippen LogP contribution is -2.48. The normalized spacial score (nSPS) is 14.9. The van der Waals surface area contributed by atoms with Crippen molar-refractivity contribution >= 4 is 23.1 Å². The molecule has 1 fully saturated rings. The largest absolute Gasteiger partial charge is 0.426 e. The molecule has 3 aromatic rings. The number of hydrogen-bond donors (Lipinski definition) is 1. The number of carbonyl (C=O) groups excluding carboxylic acids is 1. The van der Waals surface area contributed by atoms with Crippen LogP contribution in [0.25, 0.3) is 0 Å². The van der Waals surface area contributed by atoms with E-state index in [4.69, 9.17) is 0 Å². The summed E-state index contributed by atoms with van der Waals surface area (Å²) in [5.41, 5.74) is 1.76. The van der Waals surface area contributed by atoms with Gasteiger partial charge in [-0.05, 0) is 24.1 Å². The van der Waals surface area contributed by atoms with Crippen molar-refractivity contribution in [1.29, 1.82) is 5.26 Å². The molecule has 1 amide bonds. The number of nitrogens with zero attached hydrogens (tertiary/aromatic N) is 6. The Balaban J connectivity index is 1.44. The minimum Gasteiger partial charge on any atom is -0.426 e. The second kappa shape index (κ2) is 9.94. The molecule has 1 saturated heterocycles. The van der Waals surface area contributed by atoms with Gasteiger partial charge in [0, 0.05) is 44.2 Å². The number of aromatic nitrogens is 2. The second-order valence-electron chi connectivity index (χ2n) is 7.66. The average molecular weight is 467 g/mol. The number of aryl methyl sites for hydroxylation is 1. The molecular formula is C23H23FN6O2S. The van der Waals surface area contributed by atoms with Crippen molar-refractivity contribution in [3.63, 3.8) is 0 Å². The maximum absolute atomic E-state index is 14.6. The number of rotatable bonds is 5. The number of thiazole rings is 1. The number of halogens is 1. The van der Waals surface area contributed by atoms with Gasteiger partial charge in [0.05, 0.1) is 29.1 Å². The molecule has 10 heteroatoms. The van der Waals surface area contributed by atoms with Crippen LogP contribution in [0.5, 0.6) is 0 Å². The van der Waals surface area contributed by atoms with Crippen LogP contribution in [0.15, 0.2) is 46.9 Å². The van der Waals surface area contributed by atoms with Gasteiger partial charge in [-0.15, -0.1) is 11.3 Å². The second-order valence-corrected chi connectivity index (χ2v) is 8.53. The monoisotopic (exact) mass is 466 g/mol. The maximum Gasteiger partial charge on any atom is 0.256 e. The van der Waals surface area contributed by atoms with E-state index in [9.17, 15) is 19.7 Å². The van der Waals surface area contributed by atoms with E-state index in [0.29, 0.717) is 66.6 Å². The summed E-state index contributed by atoms with van der Waals surface area (Å²) < 4.78 is 15.5. The fourth-order valence-corrected chi connectivity index (χ4v) is 4.36. The molecule has 0 bridgehead atoms. The topological polar surface area (TPSA) is 97.8 Å². The number of carbonyl (C=O) groups is 1. The van der Waals surface area contributed by atoms with Gasteiger partial charge >= 0.3 is 0 Å². The first kappa shape index (κ1) is 22.6. The average Bonchev–Trinajstić information content (AvgIpc) is 3.23. The van der Waals surface area contributed by atoms with Crippen molar-refractivity contribution in [2.75, 3.05) is 26.2 Å². The van der Waals surface area contributed by atoms with Crippen molar-refractivity contribution in [1.82, 2.24) is 19.5 Å². The van der Waals surface area contributed by atoms with Crippen LogP contribution < -0.4 is 4.80 Å². The van der Waals surface area contributed by atoms with Crippen LogP contribution >= 0.6 is 11.3 Å². The van der Waals surface area contributed by atoms with E-state index < -0.39 is 5.82 Å². The Morgan fingerprint density at radius 3 is 2.76 bits per heavy atom. The molecule has 0 saturated carbocycles. The number of hydrogen-bond acceptors (Lipinski definition) is 7. The minimum atomic E-state index is -0.434. The zero-order valence-corrected chi connectivity index (χ0v) is 18.9. The number of piperazine rings is 1. The van der Waals surface area contributed by atoms with E-state index in [1.54, 1.807) is 34.5 Å². The van der Waals surface area contributed by atoms with E-state index >= 15 is 0 Å². The molecule has 1 aliphatic heterocycles. The smallest absolute Gasteiger partial charge is 0.256 e. The van der Waals surface area contributed by atoms with Crippen LogP contribution in [-0.4, -0.2) is 56.8 Å². The molecule has 1 N–H and O–H groups in total. The molecule has 0 atom stereocenters. The third-order valence-electron chi connectivity index (χ3n) is 5.51. The van der Waals surface area contributed by atoms with Gasteiger partial charge in [-0.25, -0.2) is 9.37 Å². The third kappa shape index (κ3) is 5.10. The lowest BCUT2D eigenvalue weighted by molar-refractivity contribution is 0.0622. The van der Waals surface area contributed by atoms with E-state index in [0.717, 1.165) is 4.73 Å². The highest BCUT2D eigenvalue weighted by atomic mass is 32.1. The van der Waals surface area contributed by atoms with Crippen molar-refractivity contribution in [3.05, 3.63) is 74.9 Å². The highest BCUT2D eigenvalue weighted by molar-refractivity contribution is 7.07. The molecule has 4 rings (SSSR count). The summed E-state index contributed by atoms with van der Waals surface area (Å²) in [7, 11) is 0. The standard InChI is InChI=1S/C23H23FN6O2S/c1-2-17-4-3-5-19(21(17)24)22(31)29-8-6-28(7-9-29)15-18-12-16(14-25)13-20(26-18)27-23-30(32)10-11-33-23/h3-5,10-13,32H,2,6-9,15H2,1H3/b27-23-. The minimum absolute atomic E-state index is 0.118. The predicted molar refractivity (Wildman–Crippen MR) is 121 cm³/mol. The van der Waals surface area contributed by atoms with Crippen LogP contribution in [0.1, 0.15) is 34.1 Å². The molecule has 2 aromatic heterocycles. The number of amides is 1. The van der Waals surface area contributed by atoms with Gasteiger partial charge in [-0.3, -0.25) is 9.69 Å². The zero-order valence-electron chi connectivity index (χ0n) is 18.1. The fourth-order valence-electron chi connectivity index (χ4n) is 3.74. The lowest BCUT2D eigenvalue weighted by Gasteiger charge is -2.34. The fraction of sp³-hybridized carbons (Fsp3) is 0.304. The third-order valence-corrected chi connectivity index (χ3v) is 6.26. The van der Waals surface area contributed by atoms with Gasteiger partial charge in [-0.1, -0.05) is 19.1 Å². The van der Waals surface area contributed by atoms with Crippen molar-refractivity contribution < 1.29 is 14.4 Å². The Bertz CT molecular complexity index is 1270. The summed E-state index contributed by atoms with van der Waals surface area (Å²) in [6.45, 7) is 4.51. The first-order valence-corrected chi connectivity index (χ1v) is 11.5. The maximum atomic E-state index is 14.6. The Labute approximate surface area is 194 Å². The molecule has 3 heterocycles. The highest BCUT2D eigenvalue weighted by Gasteiger charge is 2.25. The molecule has 0 unspecified atom stereocenters. The summed E-state index contributed by atoms with van der Waals surface area (Å²) in [6, 6.07) is 10.4. The molecule has 0 aliphatic carbocycles. The number of pyridine rings is 1. The summed E-state index contributed by atoms with van der Waals surface area (Å²) in [5.74, 6) is -0.382. The SMILES string of the molecule is CCc1cccc(C(=O)N2CCN(Cc3cc(C#N)cc(/N=c4\sccn4O)n3)CC2)c1F. The van der Waals surface area contributed by atoms with Gasteiger partial charge in [0.1, 0.15) is 5.82 Å². The molecule has 170 valence electrons. The Kier molecular flexibility index (Phi) is 6.82. The van der Waals surface area contributed by atoms with Crippen molar-refractivity contribution in [3.8, 4) is 6.07 Å². The highest BCUT2D eigenvalue weighted by Crippen LogP contribution is 2.18. The van der Waals surface area contributed by atoms with E-state index in [1.165, 1.54) is 23.6 Å². The van der Waals surface area contributed by atoms with Gasteiger partial charge < -0.3 is 10.1 Å². The number of nitriles is 1. The van der Waals surface area contributed by atoms with Crippen LogP contribution in [-0.2, 0) is 13.0 Å². The van der Waals surface area contributed by atoms with Crippen LogP contribution in [0, 0.1) is 17.1 Å². The molecule has 1 aromatic carbocycles. The molecule has 0 radical (unpaired) electrons. The van der Waals surface area contributed by atoms with Crippen LogP contribution in [0.4, 0.5) is 10.2 Å². The lowest BCUT2D eigenvalue weighted by atomic mass is 10.1. The summed E-state index contributed by atoms with van der Waals surface area (Å²) >= 11 is 1.25. The molecule has 1 aliphatic rings. The molecule has 8 nitrogen and oxygen atoms in total. The van der Waals surface area contributed by atoms with Crippen molar-refractivity contribution in [2.45, 2.75) is 19.9 Å². The molecular weight excluding hydrogens is 443 g/mol. The van der Waals surface area contributed by atoms with Gasteiger partial charge in [0.2, 0.25) is 4.80 Å². The summed E-state index contributed by atoms with van der Waals surface area (Å²) in [6.07, 6.45) is 2.01. The van der Waals surface area contributed by atoms with E-state index in [-0.39, 0.29) is 11.5 Å². The summed E-state index contributed by atoms with van der Waals surface area (Å²) in [4.78, 5) is 25.8. The Hall–Kier alpha value is -3.55. The van der Waals surface area contributed by atoms with Crippen molar-refractivity contribution in [2.24, 2.45) is 4.99 Å². The number of benzene rings is 1. The first-order chi connectivity index (χ1) is 16.0. The molecule has 0 spiro atoms. The Morgan fingerprint density at radius 1 is 1.30 bits per heavy atom. The van der Waals surface area contributed by atoms with Crippen LogP contribution in [0.2, 0.25) is 0 Å². The Morgan fingerprint density at radius 2 is 2.09 bits per heavy atom. The quantitative estimate of drug-likeness (QED) is 0.583. The van der Waals surface area contributed by atoms with E-state index in [2.05, 4.69) is 20.9 Å². The van der Waals surface area contributed by atoms with Crippen LogP contribution in [0.3, 0.4) is 0 Å².